The molecule has 0 atom stereocenters. The van der Waals surface area contributed by atoms with Crippen LogP contribution in [0.4, 0.5) is 0 Å². The number of hydrogen-bond acceptors (Lipinski definition) is 4. The standard InChI is InChI=1S/C19H14N2OS/c1-2-8-15(9-3-1)18-20-21-19(22-18)23-13-16-11-6-10-14-7-4-5-12-17(14)16/h1-12H,13H2. The normalized spacial score (nSPS) is 11.0. The molecule has 0 aliphatic rings. The van der Waals surface area contributed by atoms with Crippen molar-refractivity contribution in [3.8, 4) is 11.5 Å². The van der Waals surface area contributed by atoms with Gasteiger partial charge in [0.25, 0.3) is 5.22 Å². The van der Waals surface area contributed by atoms with E-state index in [0.717, 1.165) is 11.3 Å². The highest BCUT2D eigenvalue weighted by atomic mass is 32.2. The van der Waals surface area contributed by atoms with E-state index >= 15 is 0 Å². The molecule has 0 radical (unpaired) electrons. The molecule has 4 rings (SSSR count). The third-order valence-corrected chi connectivity index (χ3v) is 4.53. The first-order valence-corrected chi connectivity index (χ1v) is 8.37. The first kappa shape index (κ1) is 14.0. The van der Waals surface area contributed by atoms with Gasteiger partial charge in [0.05, 0.1) is 0 Å². The molecule has 0 aliphatic heterocycles. The molecule has 112 valence electrons. The van der Waals surface area contributed by atoms with Crippen LogP contribution in [0.15, 0.2) is 82.4 Å². The lowest BCUT2D eigenvalue weighted by molar-refractivity contribution is 0.466. The predicted molar refractivity (Wildman–Crippen MR) is 93.2 cm³/mol. The molecule has 0 spiro atoms. The Balaban J connectivity index is 1.54. The lowest BCUT2D eigenvalue weighted by Gasteiger charge is -2.04. The van der Waals surface area contributed by atoms with Crippen LogP contribution in [0.25, 0.3) is 22.2 Å². The van der Waals surface area contributed by atoms with E-state index in [4.69, 9.17) is 4.42 Å². The third-order valence-electron chi connectivity index (χ3n) is 3.66. The molecule has 0 N–H and O–H groups in total. The summed E-state index contributed by atoms with van der Waals surface area (Å²) in [7, 11) is 0. The van der Waals surface area contributed by atoms with Crippen LogP contribution in [0, 0.1) is 0 Å². The summed E-state index contributed by atoms with van der Waals surface area (Å²) < 4.78 is 5.74. The minimum absolute atomic E-state index is 0.561. The summed E-state index contributed by atoms with van der Waals surface area (Å²) >= 11 is 1.56. The molecular formula is C19H14N2OS. The minimum Gasteiger partial charge on any atom is -0.411 e. The van der Waals surface area contributed by atoms with Crippen molar-refractivity contribution >= 4 is 22.5 Å². The van der Waals surface area contributed by atoms with Crippen LogP contribution < -0.4 is 0 Å². The van der Waals surface area contributed by atoms with E-state index in [1.165, 1.54) is 16.3 Å². The third kappa shape index (κ3) is 2.98. The Bertz CT molecular complexity index is 929. The summed E-state index contributed by atoms with van der Waals surface area (Å²) in [6.45, 7) is 0. The minimum atomic E-state index is 0.561. The van der Waals surface area contributed by atoms with Crippen LogP contribution in [-0.4, -0.2) is 10.2 Å². The van der Waals surface area contributed by atoms with E-state index in [1.807, 2.05) is 30.3 Å². The van der Waals surface area contributed by atoms with Crippen molar-refractivity contribution < 1.29 is 4.42 Å². The molecule has 1 heterocycles. The van der Waals surface area contributed by atoms with Crippen LogP contribution in [0.2, 0.25) is 0 Å². The molecule has 4 heteroatoms. The van der Waals surface area contributed by atoms with Gasteiger partial charge in [0.15, 0.2) is 0 Å². The second-order valence-electron chi connectivity index (χ2n) is 5.17. The maximum absolute atomic E-state index is 5.74. The Kier molecular flexibility index (Phi) is 3.82. The average Bonchev–Trinajstić information content (AvgIpc) is 3.10. The maximum Gasteiger partial charge on any atom is 0.277 e. The van der Waals surface area contributed by atoms with E-state index in [0.29, 0.717) is 11.1 Å². The molecule has 3 aromatic carbocycles. The highest BCUT2D eigenvalue weighted by Crippen LogP contribution is 2.28. The van der Waals surface area contributed by atoms with Gasteiger partial charge in [-0.25, -0.2) is 0 Å². The monoisotopic (exact) mass is 318 g/mol. The van der Waals surface area contributed by atoms with Gasteiger partial charge in [-0.3, -0.25) is 0 Å². The van der Waals surface area contributed by atoms with E-state index < -0.39 is 0 Å². The summed E-state index contributed by atoms with van der Waals surface area (Å²) in [5.41, 5.74) is 2.21. The zero-order valence-electron chi connectivity index (χ0n) is 12.3. The fraction of sp³-hybridized carbons (Fsp3) is 0.0526. The molecule has 0 bridgehead atoms. The first-order valence-electron chi connectivity index (χ1n) is 7.38. The van der Waals surface area contributed by atoms with Crippen molar-refractivity contribution in [3.63, 3.8) is 0 Å². The number of benzene rings is 3. The molecule has 4 aromatic rings. The summed E-state index contributed by atoms with van der Waals surface area (Å²) in [4.78, 5) is 0. The quantitative estimate of drug-likeness (QED) is 0.486. The molecule has 0 fully saturated rings. The van der Waals surface area contributed by atoms with Crippen molar-refractivity contribution in [1.29, 1.82) is 0 Å². The second kappa shape index (κ2) is 6.26. The predicted octanol–water partition coefficient (Wildman–Crippen LogP) is 5.18. The molecule has 0 unspecified atom stereocenters. The number of aromatic nitrogens is 2. The molecule has 0 saturated heterocycles. The fourth-order valence-electron chi connectivity index (χ4n) is 2.52. The van der Waals surface area contributed by atoms with Crippen LogP contribution in [0.1, 0.15) is 5.56 Å². The topological polar surface area (TPSA) is 38.9 Å². The molecule has 0 amide bonds. The molecule has 3 nitrogen and oxygen atoms in total. The van der Waals surface area contributed by atoms with Gasteiger partial charge in [0, 0.05) is 11.3 Å². The summed E-state index contributed by atoms with van der Waals surface area (Å²) in [6.07, 6.45) is 0. The zero-order chi connectivity index (χ0) is 15.5. The number of thioether (sulfide) groups is 1. The van der Waals surface area contributed by atoms with E-state index in [9.17, 15) is 0 Å². The Morgan fingerprint density at radius 2 is 1.57 bits per heavy atom. The largest absolute Gasteiger partial charge is 0.411 e. The van der Waals surface area contributed by atoms with Crippen molar-refractivity contribution in [2.75, 3.05) is 0 Å². The van der Waals surface area contributed by atoms with Gasteiger partial charge in [0.1, 0.15) is 0 Å². The van der Waals surface area contributed by atoms with E-state index in [1.54, 1.807) is 11.8 Å². The SMILES string of the molecule is c1ccc(-c2nnc(SCc3cccc4ccccc34)o2)cc1. The molecular weight excluding hydrogens is 304 g/mol. The smallest absolute Gasteiger partial charge is 0.277 e. The number of hydrogen-bond donors (Lipinski definition) is 0. The van der Waals surface area contributed by atoms with Gasteiger partial charge in [-0.2, -0.15) is 0 Å². The number of rotatable bonds is 4. The van der Waals surface area contributed by atoms with Crippen LogP contribution >= 0.6 is 11.8 Å². The Morgan fingerprint density at radius 1 is 0.783 bits per heavy atom. The first-order chi connectivity index (χ1) is 11.4. The van der Waals surface area contributed by atoms with Gasteiger partial charge in [0.2, 0.25) is 5.89 Å². The lowest BCUT2D eigenvalue weighted by Crippen LogP contribution is -1.84. The number of nitrogens with zero attached hydrogens (tertiary/aromatic N) is 2. The zero-order valence-corrected chi connectivity index (χ0v) is 13.2. The second-order valence-corrected chi connectivity index (χ2v) is 6.09. The van der Waals surface area contributed by atoms with E-state index in [-0.39, 0.29) is 0 Å². The van der Waals surface area contributed by atoms with Crippen molar-refractivity contribution in [2.24, 2.45) is 0 Å². The average molecular weight is 318 g/mol. The van der Waals surface area contributed by atoms with Crippen molar-refractivity contribution in [1.82, 2.24) is 10.2 Å². The van der Waals surface area contributed by atoms with Gasteiger partial charge in [-0.15, -0.1) is 10.2 Å². The Labute approximate surface area is 138 Å². The fourth-order valence-corrected chi connectivity index (χ4v) is 3.29. The Morgan fingerprint density at radius 3 is 2.48 bits per heavy atom. The number of fused-ring (bicyclic) bond motifs is 1. The molecule has 0 saturated carbocycles. The van der Waals surface area contributed by atoms with Crippen LogP contribution in [0.5, 0.6) is 0 Å². The van der Waals surface area contributed by atoms with Crippen LogP contribution in [0.3, 0.4) is 0 Å². The Hall–Kier alpha value is -2.59. The lowest BCUT2D eigenvalue weighted by atomic mass is 10.1. The van der Waals surface area contributed by atoms with Gasteiger partial charge < -0.3 is 4.42 Å². The maximum atomic E-state index is 5.74. The van der Waals surface area contributed by atoms with Gasteiger partial charge in [-0.05, 0) is 28.5 Å². The summed E-state index contributed by atoms with van der Waals surface area (Å²) in [5.74, 6) is 1.36. The highest BCUT2D eigenvalue weighted by Gasteiger charge is 2.09. The molecule has 23 heavy (non-hydrogen) atoms. The molecule has 0 aliphatic carbocycles. The van der Waals surface area contributed by atoms with Gasteiger partial charge in [-0.1, -0.05) is 72.4 Å². The van der Waals surface area contributed by atoms with Crippen molar-refractivity contribution in [2.45, 2.75) is 11.0 Å². The summed E-state index contributed by atoms with van der Waals surface area (Å²) in [5, 5.41) is 11.4. The van der Waals surface area contributed by atoms with Crippen LogP contribution in [-0.2, 0) is 5.75 Å². The highest BCUT2D eigenvalue weighted by molar-refractivity contribution is 7.98. The van der Waals surface area contributed by atoms with Gasteiger partial charge >= 0.3 is 0 Å². The summed E-state index contributed by atoms with van der Waals surface area (Å²) in [6, 6.07) is 24.6. The van der Waals surface area contributed by atoms with E-state index in [2.05, 4.69) is 52.7 Å². The van der Waals surface area contributed by atoms with Crippen molar-refractivity contribution in [3.05, 3.63) is 78.4 Å². The molecule has 1 aromatic heterocycles.